The molecular formula is C21H27N5O4S. The van der Waals surface area contributed by atoms with Gasteiger partial charge < -0.3 is 14.4 Å². The fourth-order valence-electron chi connectivity index (χ4n) is 4.00. The molecule has 2 aliphatic rings. The zero-order chi connectivity index (χ0) is 22.0. The highest BCUT2D eigenvalue weighted by molar-refractivity contribution is 8.00. The fourth-order valence-corrected chi connectivity index (χ4v) is 5.30. The molecule has 0 spiro atoms. The van der Waals surface area contributed by atoms with Crippen molar-refractivity contribution in [1.82, 2.24) is 24.6 Å². The molecule has 2 aromatic rings. The van der Waals surface area contributed by atoms with Gasteiger partial charge in [0.05, 0.1) is 19.3 Å². The molecule has 10 heteroatoms. The summed E-state index contributed by atoms with van der Waals surface area (Å²) in [5.74, 6) is 1.33. The minimum Gasteiger partial charge on any atom is -0.494 e. The number of amides is 1. The minimum atomic E-state index is -0.359. The number of benzene rings is 1. The standard InChI is InChI=1S/C21H27N5O4S/c1-4-29-16-8-6-15(7-9-16)17(18-19(27)26-20(31-18)22-14(3)23-26)24-10-12-25(13-11-24)21(28)30-5-2/h6-9,17-18H,4-5,10-13H2,1-3H3. The van der Waals surface area contributed by atoms with E-state index in [-0.39, 0.29) is 23.3 Å². The van der Waals surface area contributed by atoms with Crippen molar-refractivity contribution in [3.05, 3.63) is 35.7 Å². The van der Waals surface area contributed by atoms with Crippen LogP contribution in [0.25, 0.3) is 0 Å². The number of ether oxygens (including phenoxy) is 2. The van der Waals surface area contributed by atoms with Gasteiger partial charge in [-0.25, -0.2) is 9.78 Å². The van der Waals surface area contributed by atoms with Crippen molar-refractivity contribution in [3.63, 3.8) is 0 Å². The molecule has 1 fully saturated rings. The van der Waals surface area contributed by atoms with E-state index in [1.807, 2.05) is 31.2 Å². The third-order valence-corrected chi connectivity index (χ3v) is 6.61. The van der Waals surface area contributed by atoms with Gasteiger partial charge >= 0.3 is 6.09 Å². The van der Waals surface area contributed by atoms with E-state index in [1.165, 1.54) is 16.4 Å². The second kappa shape index (κ2) is 9.27. The van der Waals surface area contributed by atoms with Crippen LogP contribution in [0.1, 0.15) is 36.1 Å². The van der Waals surface area contributed by atoms with Gasteiger partial charge in [0.2, 0.25) is 0 Å². The number of fused-ring (bicyclic) bond motifs is 1. The number of aromatic nitrogens is 3. The Morgan fingerprint density at radius 3 is 2.48 bits per heavy atom. The minimum absolute atomic E-state index is 0.0627. The van der Waals surface area contributed by atoms with Crippen LogP contribution in [0.2, 0.25) is 0 Å². The topological polar surface area (TPSA) is 89.8 Å². The lowest BCUT2D eigenvalue weighted by Crippen LogP contribution is -2.52. The zero-order valence-electron chi connectivity index (χ0n) is 18.0. The highest BCUT2D eigenvalue weighted by Gasteiger charge is 2.43. The second-order valence-electron chi connectivity index (χ2n) is 7.40. The summed E-state index contributed by atoms with van der Waals surface area (Å²) in [6.07, 6.45) is -0.286. The van der Waals surface area contributed by atoms with Gasteiger partial charge in [0, 0.05) is 26.2 Å². The number of piperazine rings is 1. The Bertz CT molecular complexity index is 940. The summed E-state index contributed by atoms with van der Waals surface area (Å²) in [4.78, 5) is 33.7. The van der Waals surface area contributed by atoms with Crippen molar-refractivity contribution in [3.8, 4) is 5.75 Å². The number of rotatable bonds is 6. The molecular weight excluding hydrogens is 418 g/mol. The van der Waals surface area contributed by atoms with E-state index >= 15 is 0 Å². The van der Waals surface area contributed by atoms with E-state index in [0.717, 1.165) is 11.3 Å². The van der Waals surface area contributed by atoms with Gasteiger partial charge in [0.15, 0.2) is 5.16 Å². The number of thioether (sulfide) groups is 1. The van der Waals surface area contributed by atoms with Crippen LogP contribution < -0.4 is 4.74 Å². The number of aryl methyl sites for hydroxylation is 1. The van der Waals surface area contributed by atoms with Crippen LogP contribution in [-0.2, 0) is 4.74 Å². The van der Waals surface area contributed by atoms with Gasteiger partial charge in [-0.2, -0.15) is 4.68 Å². The SMILES string of the molecule is CCOC(=O)N1CCN(C(c2ccc(OCC)cc2)C2Sc3nc(C)nn3C2=O)CC1. The summed E-state index contributed by atoms with van der Waals surface area (Å²) < 4.78 is 12.1. The molecule has 2 unspecified atom stereocenters. The Balaban J connectivity index is 1.57. The van der Waals surface area contributed by atoms with Gasteiger partial charge in [0.1, 0.15) is 16.8 Å². The average molecular weight is 446 g/mol. The number of hydrogen-bond donors (Lipinski definition) is 0. The van der Waals surface area contributed by atoms with Crippen molar-refractivity contribution in [2.45, 2.75) is 37.2 Å². The van der Waals surface area contributed by atoms with Gasteiger partial charge in [-0.05, 0) is 38.5 Å². The van der Waals surface area contributed by atoms with E-state index in [1.54, 1.807) is 18.7 Å². The number of hydrogen-bond acceptors (Lipinski definition) is 8. The molecule has 0 saturated carbocycles. The molecule has 0 N–H and O–H groups in total. The van der Waals surface area contributed by atoms with Crippen molar-refractivity contribution in [2.24, 2.45) is 0 Å². The van der Waals surface area contributed by atoms with Crippen LogP contribution >= 0.6 is 11.8 Å². The number of carbonyl (C=O) groups excluding carboxylic acids is 2. The lowest BCUT2D eigenvalue weighted by Gasteiger charge is -2.40. The van der Waals surface area contributed by atoms with Crippen molar-refractivity contribution >= 4 is 23.8 Å². The lowest BCUT2D eigenvalue weighted by atomic mass is 10.00. The van der Waals surface area contributed by atoms with Crippen LogP contribution in [0.3, 0.4) is 0 Å². The summed E-state index contributed by atoms with van der Waals surface area (Å²) >= 11 is 1.45. The van der Waals surface area contributed by atoms with E-state index in [4.69, 9.17) is 9.47 Å². The van der Waals surface area contributed by atoms with Gasteiger partial charge in [-0.3, -0.25) is 9.69 Å². The Hall–Kier alpha value is -2.59. The molecule has 0 bridgehead atoms. The highest BCUT2D eigenvalue weighted by atomic mass is 32.2. The third-order valence-electron chi connectivity index (χ3n) is 5.42. The predicted octanol–water partition coefficient (Wildman–Crippen LogP) is 2.62. The normalized spacial score (nSPS) is 19.9. The zero-order valence-corrected chi connectivity index (χ0v) is 18.8. The predicted molar refractivity (Wildman–Crippen MR) is 116 cm³/mol. The molecule has 9 nitrogen and oxygen atoms in total. The maximum absolute atomic E-state index is 13.2. The van der Waals surface area contributed by atoms with Crippen molar-refractivity contribution in [2.75, 3.05) is 39.4 Å². The smallest absolute Gasteiger partial charge is 0.409 e. The fraction of sp³-hybridized carbons (Fsp3) is 0.524. The monoisotopic (exact) mass is 445 g/mol. The second-order valence-corrected chi connectivity index (χ2v) is 8.51. The van der Waals surface area contributed by atoms with E-state index < -0.39 is 0 Å². The van der Waals surface area contributed by atoms with Gasteiger partial charge in [-0.15, -0.1) is 5.10 Å². The quantitative estimate of drug-likeness (QED) is 0.670. The van der Waals surface area contributed by atoms with Crippen molar-refractivity contribution < 1.29 is 19.1 Å². The Morgan fingerprint density at radius 1 is 1.16 bits per heavy atom. The lowest BCUT2D eigenvalue weighted by molar-refractivity contribution is 0.0600. The molecule has 0 radical (unpaired) electrons. The van der Waals surface area contributed by atoms with Gasteiger partial charge in [-0.1, -0.05) is 23.9 Å². The molecule has 1 amide bonds. The molecule has 166 valence electrons. The van der Waals surface area contributed by atoms with E-state index in [2.05, 4.69) is 15.0 Å². The van der Waals surface area contributed by atoms with Crippen LogP contribution in [-0.4, -0.2) is 81.2 Å². The highest BCUT2D eigenvalue weighted by Crippen LogP contribution is 2.41. The van der Waals surface area contributed by atoms with Gasteiger partial charge in [0.25, 0.3) is 5.91 Å². The maximum atomic E-state index is 13.2. The first kappa shape index (κ1) is 21.6. The summed E-state index contributed by atoms with van der Waals surface area (Å²) in [5, 5.41) is 4.54. The first-order chi connectivity index (χ1) is 15.0. The van der Waals surface area contributed by atoms with Crippen LogP contribution in [0.4, 0.5) is 4.79 Å². The number of carbonyl (C=O) groups is 2. The Morgan fingerprint density at radius 2 is 1.87 bits per heavy atom. The molecule has 2 atom stereocenters. The van der Waals surface area contributed by atoms with Crippen LogP contribution in [0.15, 0.2) is 29.4 Å². The first-order valence-corrected chi connectivity index (χ1v) is 11.4. The molecule has 4 rings (SSSR count). The Labute approximate surface area is 185 Å². The van der Waals surface area contributed by atoms with E-state index in [0.29, 0.717) is 50.4 Å². The summed E-state index contributed by atoms with van der Waals surface area (Å²) in [6.45, 7) is 8.90. The molecule has 31 heavy (non-hydrogen) atoms. The molecule has 2 aliphatic heterocycles. The third kappa shape index (κ3) is 4.40. The Kier molecular flexibility index (Phi) is 6.47. The van der Waals surface area contributed by atoms with Crippen LogP contribution in [0, 0.1) is 6.92 Å². The first-order valence-electron chi connectivity index (χ1n) is 10.5. The van der Waals surface area contributed by atoms with Crippen molar-refractivity contribution in [1.29, 1.82) is 0 Å². The van der Waals surface area contributed by atoms with Crippen LogP contribution in [0.5, 0.6) is 5.75 Å². The number of nitrogens with zero attached hydrogens (tertiary/aromatic N) is 5. The molecule has 0 aliphatic carbocycles. The molecule has 3 heterocycles. The molecule has 1 aromatic heterocycles. The largest absolute Gasteiger partial charge is 0.494 e. The average Bonchev–Trinajstić information content (AvgIpc) is 3.27. The molecule has 1 aromatic carbocycles. The summed E-state index contributed by atoms with van der Waals surface area (Å²) in [5.41, 5.74) is 1.03. The summed E-state index contributed by atoms with van der Waals surface area (Å²) in [7, 11) is 0. The maximum Gasteiger partial charge on any atom is 0.409 e. The van der Waals surface area contributed by atoms with E-state index in [9.17, 15) is 9.59 Å². The molecule has 1 saturated heterocycles. The summed E-state index contributed by atoms with van der Waals surface area (Å²) in [6, 6.07) is 7.74.